The standard InChI is InChI=1S/C23H21F4N3O/c24-15-5-3-4-14(12-15)22(31)29-17-10-8-16(9-11-17)28-20-13-21(23(25,26)27)30-19-7-2-1-6-18(19)20/h1-7,12-13,16-17H,8-11H2,(H,28,30)(H,29,31)/t16-,17+. The van der Waals surface area contributed by atoms with E-state index in [2.05, 4.69) is 15.6 Å². The number of para-hydroxylation sites is 1. The third kappa shape index (κ3) is 4.95. The number of nitrogens with zero attached hydrogens (tertiary/aromatic N) is 1. The lowest BCUT2D eigenvalue weighted by Gasteiger charge is -2.30. The zero-order valence-electron chi connectivity index (χ0n) is 16.5. The van der Waals surface area contributed by atoms with Gasteiger partial charge in [-0.3, -0.25) is 4.79 Å². The van der Waals surface area contributed by atoms with E-state index >= 15 is 0 Å². The van der Waals surface area contributed by atoms with Gasteiger partial charge in [-0.2, -0.15) is 13.2 Å². The van der Waals surface area contributed by atoms with E-state index < -0.39 is 17.7 Å². The van der Waals surface area contributed by atoms with Gasteiger partial charge < -0.3 is 10.6 Å². The molecule has 1 amide bonds. The zero-order valence-corrected chi connectivity index (χ0v) is 16.5. The molecule has 0 aliphatic heterocycles. The molecule has 0 bridgehead atoms. The van der Waals surface area contributed by atoms with Gasteiger partial charge in [-0.15, -0.1) is 0 Å². The van der Waals surface area contributed by atoms with Crippen LogP contribution < -0.4 is 10.6 Å². The Bertz CT molecular complexity index is 1090. The highest BCUT2D eigenvalue weighted by Crippen LogP contribution is 2.34. The third-order valence-corrected chi connectivity index (χ3v) is 5.52. The molecule has 1 aliphatic carbocycles. The smallest absolute Gasteiger partial charge is 0.382 e. The first-order valence-corrected chi connectivity index (χ1v) is 10.1. The SMILES string of the molecule is O=C(N[C@H]1CC[C@@H](Nc2cc(C(F)(F)F)nc3ccccc23)CC1)c1cccc(F)c1. The number of benzene rings is 2. The molecule has 0 unspecified atom stereocenters. The summed E-state index contributed by atoms with van der Waals surface area (Å²) >= 11 is 0. The predicted octanol–water partition coefficient (Wildman–Crippen LogP) is 5.55. The molecular weight excluding hydrogens is 410 g/mol. The van der Waals surface area contributed by atoms with Crippen molar-refractivity contribution in [3.05, 3.63) is 71.7 Å². The van der Waals surface area contributed by atoms with Crippen molar-refractivity contribution in [2.75, 3.05) is 5.32 Å². The molecule has 2 N–H and O–H groups in total. The second kappa shape index (κ2) is 8.53. The first-order valence-electron chi connectivity index (χ1n) is 10.1. The van der Waals surface area contributed by atoms with Gasteiger partial charge in [0.15, 0.2) is 0 Å². The number of pyridine rings is 1. The summed E-state index contributed by atoms with van der Waals surface area (Å²) in [6.45, 7) is 0. The second-order valence-electron chi connectivity index (χ2n) is 7.75. The van der Waals surface area contributed by atoms with Gasteiger partial charge in [-0.1, -0.05) is 24.3 Å². The number of carbonyl (C=O) groups is 1. The second-order valence-corrected chi connectivity index (χ2v) is 7.75. The number of hydrogen-bond donors (Lipinski definition) is 2. The first-order chi connectivity index (χ1) is 14.8. The third-order valence-electron chi connectivity index (χ3n) is 5.52. The van der Waals surface area contributed by atoms with Gasteiger partial charge in [-0.05, 0) is 56.0 Å². The van der Waals surface area contributed by atoms with Crippen LogP contribution in [0.25, 0.3) is 10.9 Å². The highest BCUT2D eigenvalue weighted by atomic mass is 19.4. The number of amides is 1. The average Bonchev–Trinajstić information content (AvgIpc) is 2.74. The molecule has 1 heterocycles. The Morgan fingerprint density at radius 3 is 2.35 bits per heavy atom. The van der Waals surface area contributed by atoms with Crippen LogP contribution >= 0.6 is 0 Å². The van der Waals surface area contributed by atoms with Crippen LogP contribution in [0.2, 0.25) is 0 Å². The minimum absolute atomic E-state index is 0.0192. The van der Waals surface area contributed by atoms with E-state index in [9.17, 15) is 22.4 Å². The van der Waals surface area contributed by atoms with Crippen molar-refractivity contribution in [1.82, 2.24) is 10.3 Å². The highest BCUT2D eigenvalue weighted by Gasteiger charge is 2.33. The summed E-state index contributed by atoms with van der Waals surface area (Å²) < 4.78 is 53.1. The maximum atomic E-state index is 13.3. The fourth-order valence-corrected chi connectivity index (χ4v) is 3.94. The summed E-state index contributed by atoms with van der Waals surface area (Å²) in [5, 5.41) is 6.80. The molecule has 31 heavy (non-hydrogen) atoms. The van der Waals surface area contributed by atoms with E-state index in [1.165, 1.54) is 18.2 Å². The van der Waals surface area contributed by atoms with Crippen molar-refractivity contribution < 1.29 is 22.4 Å². The number of aromatic nitrogens is 1. The van der Waals surface area contributed by atoms with Crippen molar-refractivity contribution >= 4 is 22.5 Å². The lowest BCUT2D eigenvalue weighted by Crippen LogP contribution is -2.40. The molecule has 4 nitrogen and oxygen atoms in total. The van der Waals surface area contributed by atoms with Crippen molar-refractivity contribution in [2.45, 2.75) is 43.9 Å². The molecule has 0 saturated heterocycles. The summed E-state index contributed by atoms with van der Waals surface area (Å²) in [6, 6.07) is 13.2. The van der Waals surface area contributed by atoms with Crippen LogP contribution in [-0.2, 0) is 6.18 Å². The average molecular weight is 431 g/mol. The monoisotopic (exact) mass is 431 g/mol. The van der Waals surface area contributed by atoms with E-state index in [1.807, 2.05) is 0 Å². The molecule has 1 saturated carbocycles. The zero-order chi connectivity index (χ0) is 22.0. The molecule has 1 aliphatic rings. The molecule has 3 aromatic rings. The molecule has 162 valence electrons. The molecule has 8 heteroatoms. The van der Waals surface area contributed by atoms with E-state index in [0.29, 0.717) is 36.8 Å². The molecule has 0 atom stereocenters. The molecule has 0 radical (unpaired) electrons. The lowest BCUT2D eigenvalue weighted by atomic mass is 9.90. The summed E-state index contributed by atoms with van der Waals surface area (Å²) in [5.41, 5.74) is 0.0361. The Kier molecular flexibility index (Phi) is 5.80. The Morgan fingerprint density at radius 1 is 0.935 bits per heavy atom. The van der Waals surface area contributed by atoms with E-state index in [-0.39, 0.29) is 29.1 Å². The fourth-order valence-electron chi connectivity index (χ4n) is 3.94. The minimum atomic E-state index is -4.53. The predicted molar refractivity (Wildman–Crippen MR) is 110 cm³/mol. The number of hydrogen-bond acceptors (Lipinski definition) is 3. The van der Waals surface area contributed by atoms with Crippen molar-refractivity contribution in [3.8, 4) is 0 Å². The van der Waals surface area contributed by atoms with Crippen LogP contribution in [0.4, 0.5) is 23.2 Å². The molecule has 0 spiro atoms. The molecule has 1 aromatic heterocycles. The Hall–Kier alpha value is -3.16. The largest absolute Gasteiger partial charge is 0.433 e. The summed E-state index contributed by atoms with van der Waals surface area (Å²) in [7, 11) is 0. The summed E-state index contributed by atoms with van der Waals surface area (Å²) in [5.74, 6) is -0.797. The van der Waals surface area contributed by atoms with Gasteiger partial charge in [0.05, 0.1) is 5.52 Å². The maximum absolute atomic E-state index is 13.3. The Balaban J connectivity index is 1.42. The molecular formula is C23H21F4N3O. The lowest BCUT2D eigenvalue weighted by molar-refractivity contribution is -0.140. The van der Waals surface area contributed by atoms with Gasteiger partial charge in [0, 0.05) is 28.7 Å². The molecule has 2 aromatic carbocycles. The van der Waals surface area contributed by atoms with Crippen LogP contribution in [-0.4, -0.2) is 23.0 Å². The van der Waals surface area contributed by atoms with Gasteiger partial charge >= 0.3 is 6.18 Å². The molecule has 1 fully saturated rings. The van der Waals surface area contributed by atoms with Gasteiger partial charge in [0.2, 0.25) is 0 Å². The van der Waals surface area contributed by atoms with E-state index in [1.54, 1.807) is 30.3 Å². The normalized spacial score (nSPS) is 19.2. The van der Waals surface area contributed by atoms with Crippen molar-refractivity contribution in [1.29, 1.82) is 0 Å². The summed E-state index contributed by atoms with van der Waals surface area (Å²) in [6.07, 6.45) is -1.81. The van der Waals surface area contributed by atoms with Gasteiger partial charge in [0.25, 0.3) is 5.91 Å². The Labute approximate surface area is 176 Å². The van der Waals surface area contributed by atoms with Gasteiger partial charge in [-0.25, -0.2) is 9.37 Å². The van der Waals surface area contributed by atoms with Crippen LogP contribution in [0.1, 0.15) is 41.7 Å². The quantitative estimate of drug-likeness (QED) is 0.533. The van der Waals surface area contributed by atoms with E-state index in [0.717, 1.165) is 6.07 Å². The van der Waals surface area contributed by atoms with Crippen LogP contribution in [0.3, 0.4) is 0 Å². The first kappa shape index (κ1) is 21.1. The number of alkyl halides is 3. The van der Waals surface area contributed by atoms with Gasteiger partial charge in [0.1, 0.15) is 11.5 Å². The van der Waals surface area contributed by atoms with Crippen LogP contribution in [0.15, 0.2) is 54.6 Å². The fraction of sp³-hybridized carbons (Fsp3) is 0.304. The van der Waals surface area contributed by atoms with Crippen LogP contribution in [0, 0.1) is 5.82 Å². The highest BCUT2D eigenvalue weighted by molar-refractivity contribution is 5.94. The Morgan fingerprint density at radius 2 is 1.65 bits per heavy atom. The number of halogens is 4. The number of nitrogens with one attached hydrogen (secondary N) is 2. The van der Waals surface area contributed by atoms with Crippen molar-refractivity contribution in [3.63, 3.8) is 0 Å². The van der Waals surface area contributed by atoms with E-state index in [4.69, 9.17) is 0 Å². The van der Waals surface area contributed by atoms with Crippen LogP contribution in [0.5, 0.6) is 0 Å². The minimum Gasteiger partial charge on any atom is -0.382 e. The topological polar surface area (TPSA) is 54.0 Å². The number of rotatable bonds is 4. The number of fused-ring (bicyclic) bond motifs is 1. The number of anilines is 1. The molecule has 4 rings (SSSR count). The number of carbonyl (C=O) groups excluding carboxylic acids is 1. The van der Waals surface area contributed by atoms with Crippen molar-refractivity contribution in [2.24, 2.45) is 0 Å². The summed E-state index contributed by atoms with van der Waals surface area (Å²) in [4.78, 5) is 16.0. The maximum Gasteiger partial charge on any atom is 0.433 e.